The predicted molar refractivity (Wildman–Crippen MR) is 79.9 cm³/mol. The topological polar surface area (TPSA) is 59.1 Å². The van der Waals surface area contributed by atoms with Crippen LogP contribution in [0.1, 0.15) is 6.92 Å². The van der Waals surface area contributed by atoms with Gasteiger partial charge in [-0.2, -0.15) is 0 Å². The van der Waals surface area contributed by atoms with Gasteiger partial charge in [0.15, 0.2) is 0 Å². The van der Waals surface area contributed by atoms with Crippen LogP contribution in [-0.2, 0) is 10.0 Å². The molecule has 1 aromatic heterocycles. The first-order valence-electron chi connectivity index (χ1n) is 5.93. The molecule has 6 heteroatoms. The number of benzene rings is 1. The monoisotopic (exact) mass is 342 g/mol. The first kappa shape index (κ1) is 14.4. The Labute approximate surface area is 121 Å². The Hall–Kier alpha value is -0.980. The van der Waals surface area contributed by atoms with E-state index in [1.807, 2.05) is 13.0 Å². The van der Waals surface area contributed by atoms with Gasteiger partial charge in [0.1, 0.15) is 0 Å². The van der Waals surface area contributed by atoms with Crippen molar-refractivity contribution in [1.29, 1.82) is 0 Å². The Balaban J connectivity index is 2.38. The molecule has 0 saturated heterocycles. The zero-order valence-corrected chi connectivity index (χ0v) is 12.9. The van der Waals surface area contributed by atoms with Crippen molar-refractivity contribution in [3.8, 4) is 0 Å². The van der Waals surface area contributed by atoms with Gasteiger partial charge in [-0.1, -0.05) is 35.0 Å². The fraction of sp³-hybridized carbons (Fsp3) is 0.308. The molecular formula is C13H15BrN2O2S. The number of nitrogens with zero attached hydrogens (tertiary/aromatic N) is 1. The Morgan fingerprint density at radius 3 is 2.89 bits per heavy atom. The molecule has 1 aromatic carbocycles. The van der Waals surface area contributed by atoms with Crippen LogP contribution < -0.4 is 4.72 Å². The molecule has 2 aromatic rings. The average molecular weight is 343 g/mol. The molecule has 0 bridgehead atoms. The van der Waals surface area contributed by atoms with Crippen LogP contribution >= 0.6 is 15.9 Å². The minimum Gasteiger partial charge on any atom is -0.264 e. The molecule has 2 rings (SSSR count). The number of hydrogen-bond acceptors (Lipinski definition) is 3. The summed E-state index contributed by atoms with van der Waals surface area (Å²) >= 11 is 3.34. The van der Waals surface area contributed by atoms with E-state index in [1.165, 1.54) is 0 Å². The molecule has 0 fully saturated rings. The third-order valence-electron chi connectivity index (χ3n) is 2.82. The van der Waals surface area contributed by atoms with Gasteiger partial charge in [0.05, 0.1) is 4.90 Å². The molecule has 0 radical (unpaired) electrons. The van der Waals surface area contributed by atoms with Crippen LogP contribution in [-0.4, -0.2) is 25.3 Å². The van der Waals surface area contributed by atoms with E-state index in [0.717, 1.165) is 10.7 Å². The summed E-state index contributed by atoms with van der Waals surface area (Å²) in [4.78, 5) is 4.30. The van der Waals surface area contributed by atoms with E-state index in [2.05, 4.69) is 25.6 Å². The lowest BCUT2D eigenvalue weighted by atomic mass is 10.2. The van der Waals surface area contributed by atoms with Crippen molar-refractivity contribution < 1.29 is 8.42 Å². The van der Waals surface area contributed by atoms with E-state index in [-0.39, 0.29) is 5.92 Å². The second-order valence-electron chi connectivity index (χ2n) is 4.46. The van der Waals surface area contributed by atoms with Crippen LogP contribution in [0.5, 0.6) is 0 Å². The maximum atomic E-state index is 12.3. The summed E-state index contributed by atoms with van der Waals surface area (Å²) in [7, 11) is -3.49. The average Bonchev–Trinajstić information content (AvgIpc) is 2.44. The Morgan fingerprint density at radius 1 is 1.37 bits per heavy atom. The summed E-state index contributed by atoms with van der Waals surface area (Å²) < 4.78 is 27.3. The van der Waals surface area contributed by atoms with Crippen molar-refractivity contribution in [2.45, 2.75) is 11.8 Å². The van der Waals surface area contributed by atoms with Crippen molar-refractivity contribution in [2.24, 2.45) is 5.92 Å². The van der Waals surface area contributed by atoms with Gasteiger partial charge in [-0.15, -0.1) is 0 Å². The Kier molecular flexibility index (Phi) is 4.54. The molecule has 1 N–H and O–H groups in total. The smallest absolute Gasteiger partial charge is 0.241 e. The maximum absolute atomic E-state index is 12.3. The summed E-state index contributed by atoms with van der Waals surface area (Å²) in [5.41, 5.74) is 0. The molecule has 1 unspecified atom stereocenters. The lowest BCUT2D eigenvalue weighted by Gasteiger charge is -2.12. The number of halogens is 1. The molecule has 1 heterocycles. The van der Waals surface area contributed by atoms with Crippen molar-refractivity contribution in [3.63, 3.8) is 0 Å². The number of sulfonamides is 1. The van der Waals surface area contributed by atoms with Gasteiger partial charge in [-0.25, -0.2) is 13.1 Å². The largest absolute Gasteiger partial charge is 0.264 e. The maximum Gasteiger partial charge on any atom is 0.241 e. The van der Waals surface area contributed by atoms with E-state index in [1.54, 1.807) is 30.6 Å². The number of pyridine rings is 1. The highest BCUT2D eigenvalue weighted by molar-refractivity contribution is 9.09. The number of rotatable bonds is 5. The van der Waals surface area contributed by atoms with E-state index in [4.69, 9.17) is 0 Å². The van der Waals surface area contributed by atoms with Crippen LogP contribution in [0.15, 0.2) is 41.6 Å². The molecule has 0 saturated carbocycles. The van der Waals surface area contributed by atoms with E-state index < -0.39 is 10.0 Å². The van der Waals surface area contributed by atoms with Crippen LogP contribution in [0.4, 0.5) is 0 Å². The summed E-state index contributed by atoms with van der Waals surface area (Å²) in [5.74, 6) is 0.242. The van der Waals surface area contributed by atoms with Crippen LogP contribution in [0.25, 0.3) is 10.8 Å². The predicted octanol–water partition coefficient (Wildman–Crippen LogP) is 2.54. The van der Waals surface area contributed by atoms with E-state index in [0.29, 0.717) is 16.8 Å². The standard InChI is InChI=1S/C13H15BrN2O2S/c1-10(7-14)8-16-19(17,18)13-4-2-3-11-9-15-6-5-12(11)13/h2-6,9-10,16H,7-8H2,1H3. The molecule has 0 aliphatic rings. The zero-order chi connectivity index (χ0) is 13.9. The zero-order valence-electron chi connectivity index (χ0n) is 10.5. The molecule has 1 atom stereocenters. The van der Waals surface area contributed by atoms with Crippen LogP contribution in [0, 0.1) is 5.92 Å². The van der Waals surface area contributed by atoms with Gasteiger partial charge >= 0.3 is 0 Å². The highest BCUT2D eigenvalue weighted by Gasteiger charge is 2.17. The SMILES string of the molecule is CC(CBr)CNS(=O)(=O)c1cccc2cnccc12. The van der Waals surface area contributed by atoms with Gasteiger partial charge in [0, 0.05) is 35.0 Å². The molecule has 0 aliphatic heterocycles. The molecule has 102 valence electrons. The van der Waals surface area contributed by atoms with E-state index >= 15 is 0 Å². The normalized spacial score (nSPS) is 13.6. The second kappa shape index (κ2) is 5.98. The first-order valence-corrected chi connectivity index (χ1v) is 8.53. The number of alkyl halides is 1. The fourth-order valence-electron chi connectivity index (χ4n) is 1.71. The van der Waals surface area contributed by atoms with Gasteiger partial charge in [-0.3, -0.25) is 4.98 Å². The molecule has 0 amide bonds. The third kappa shape index (κ3) is 3.32. The number of nitrogens with one attached hydrogen (secondary N) is 1. The molecule has 0 aliphatic carbocycles. The van der Waals surface area contributed by atoms with Gasteiger partial charge in [0.25, 0.3) is 0 Å². The summed E-state index contributed by atoms with van der Waals surface area (Å²) in [5, 5.41) is 2.27. The molecule has 0 spiro atoms. The van der Waals surface area contributed by atoms with Gasteiger partial charge in [-0.05, 0) is 18.1 Å². The molecular weight excluding hydrogens is 328 g/mol. The van der Waals surface area contributed by atoms with Gasteiger partial charge < -0.3 is 0 Å². The van der Waals surface area contributed by atoms with Crippen molar-refractivity contribution >= 4 is 36.7 Å². The van der Waals surface area contributed by atoms with E-state index in [9.17, 15) is 8.42 Å². The lowest BCUT2D eigenvalue weighted by molar-refractivity contribution is 0.564. The Morgan fingerprint density at radius 2 is 2.16 bits per heavy atom. The molecule has 4 nitrogen and oxygen atoms in total. The highest BCUT2D eigenvalue weighted by Crippen LogP contribution is 2.21. The number of fused-ring (bicyclic) bond motifs is 1. The fourth-order valence-corrected chi connectivity index (χ4v) is 3.33. The lowest BCUT2D eigenvalue weighted by Crippen LogP contribution is -2.29. The quantitative estimate of drug-likeness (QED) is 0.849. The summed E-state index contributed by atoms with van der Waals surface area (Å²) in [6.07, 6.45) is 3.26. The molecule has 19 heavy (non-hydrogen) atoms. The Bertz CT molecular complexity index is 668. The summed E-state index contributed by atoms with van der Waals surface area (Å²) in [6.45, 7) is 2.39. The number of hydrogen-bond donors (Lipinski definition) is 1. The minimum absolute atomic E-state index is 0.242. The van der Waals surface area contributed by atoms with Gasteiger partial charge in [0.2, 0.25) is 10.0 Å². The van der Waals surface area contributed by atoms with Crippen molar-refractivity contribution in [1.82, 2.24) is 9.71 Å². The van der Waals surface area contributed by atoms with Crippen LogP contribution in [0.2, 0.25) is 0 Å². The van der Waals surface area contributed by atoms with Crippen molar-refractivity contribution in [2.75, 3.05) is 11.9 Å². The highest BCUT2D eigenvalue weighted by atomic mass is 79.9. The first-order chi connectivity index (χ1) is 9.04. The number of aromatic nitrogens is 1. The van der Waals surface area contributed by atoms with Crippen LogP contribution in [0.3, 0.4) is 0 Å². The second-order valence-corrected chi connectivity index (χ2v) is 6.85. The third-order valence-corrected chi connectivity index (χ3v) is 5.40. The summed E-state index contributed by atoms with van der Waals surface area (Å²) in [6, 6.07) is 6.91. The minimum atomic E-state index is -3.49. The van der Waals surface area contributed by atoms with Crippen molar-refractivity contribution in [3.05, 3.63) is 36.7 Å².